The fraction of sp³-hybridized carbons (Fsp3) is 0.286. The molecule has 0 aliphatic rings. The van der Waals surface area contributed by atoms with Crippen LogP contribution in [0.25, 0.3) is 0 Å². The number of anilines is 1. The van der Waals surface area contributed by atoms with Crippen LogP contribution in [0.3, 0.4) is 0 Å². The normalized spacial score (nSPS) is 9.55. The molecule has 0 saturated carbocycles. The summed E-state index contributed by atoms with van der Waals surface area (Å²) >= 11 is 0. The number of hydrogen-bond acceptors (Lipinski definition) is 4. The monoisotopic (exact) mass is 154 g/mol. The van der Waals surface area contributed by atoms with Crippen LogP contribution in [0.4, 0.5) is 5.82 Å². The summed E-state index contributed by atoms with van der Waals surface area (Å²) in [6.07, 6.45) is 0. The molecule has 1 aromatic heterocycles. The molecule has 4 nitrogen and oxygen atoms in total. The van der Waals surface area contributed by atoms with Crippen LogP contribution in [0.1, 0.15) is 6.92 Å². The summed E-state index contributed by atoms with van der Waals surface area (Å²) < 4.78 is 0. The zero-order chi connectivity index (χ0) is 8.27. The SMILES string of the molecule is CCNc1ccc(O)c(O)n1. The Labute approximate surface area is 64.5 Å². The van der Waals surface area contributed by atoms with Crippen molar-refractivity contribution in [3.8, 4) is 11.6 Å². The fourth-order valence-electron chi connectivity index (χ4n) is 0.721. The average Bonchev–Trinajstić information content (AvgIpc) is 1.98. The number of nitrogens with one attached hydrogen (secondary N) is 1. The highest BCUT2D eigenvalue weighted by molar-refractivity contribution is 5.43. The van der Waals surface area contributed by atoms with Crippen molar-refractivity contribution in [1.82, 2.24) is 4.98 Å². The smallest absolute Gasteiger partial charge is 0.256 e. The van der Waals surface area contributed by atoms with E-state index in [0.29, 0.717) is 5.82 Å². The van der Waals surface area contributed by atoms with E-state index in [1.54, 1.807) is 6.07 Å². The summed E-state index contributed by atoms with van der Waals surface area (Å²) in [6, 6.07) is 2.99. The predicted molar refractivity (Wildman–Crippen MR) is 41.7 cm³/mol. The number of aromatic hydroxyl groups is 2. The highest BCUT2D eigenvalue weighted by Crippen LogP contribution is 2.22. The molecular formula is C7H10N2O2. The maximum absolute atomic E-state index is 8.93. The minimum Gasteiger partial charge on any atom is -0.503 e. The van der Waals surface area contributed by atoms with E-state index in [-0.39, 0.29) is 11.6 Å². The van der Waals surface area contributed by atoms with Gasteiger partial charge in [0, 0.05) is 6.54 Å². The lowest BCUT2D eigenvalue weighted by atomic mass is 10.4. The molecule has 3 N–H and O–H groups in total. The zero-order valence-electron chi connectivity index (χ0n) is 6.20. The van der Waals surface area contributed by atoms with Gasteiger partial charge in [-0.15, -0.1) is 0 Å². The van der Waals surface area contributed by atoms with Crippen LogP contribution in [0.5, 0.6) is 11.6 Å². The second kappa shape index (κ2) is 3.09. The minimum absolute atomic E-state index is 0.202. The maximum Gasteiger partial charge on any atom is 0.256 e. The van der Waals surface area contributed by atoms with Crippen molar-refractivity contribution in [2.24, 2.45) is 0 Å². The van der Waals surface area contributed by atoms with Crippen LogP contribution in [-0.2, 0) is 0 Å². The van der Waals surface area contributed by atoms with E-state index in [1.165, 1.54) is 6.07 Å². The van der Waals surface area contributed by atoms with E-state index >= 15 is 0 Å². The molecule has 0 unspecified atom stereocenters. The topological polar surface area (TPSA) is 65.4 Å². The van der Waals surface area contributed by atoms with Gasteiger partial charge in [-0.05, 0) is 19.1 Å². The van der Waals surface area contributed by atoms with Gasteiger partial charge >= 0.3 is 0 Å². The van der Waals surface area contributed by atoms with Gasteiger partial charge < -0.3 is 15.5 Å². The second-order valence-electron chi connectivity index (χ2n) is 2.07. The van der Waals surface area contributed by atoms with Gasteiger partial charge in [0.25, 0.3) is 5.88 Å². The van der Waals surface area contributed by atoms with Crippen LogP contribution in [0.15, 0.2) is 12.1 Å². The number of pyridine rings is 1. The summed E-state index contributed by atoms with van der Waals surface area (Å²) in [5, 5.41) is 20.7. The standard InChI is InChI=1S/C7H10N2O2/c1-2-8-6-4-3-5(10)7(11)9-6/h3-4,10H,2H2,1H3,(H2,8,9,11). The lowest BCUT2D eigenvalue weighted by molar-refractivity contribution is 0.389. The second-order valence-corrected chi connectivity index (χ2v) is 2.07. The molecule has 0 aliphatic carbocycles. The third-order valence-corrected chi connectivity index (χ3v) is 1.21. The molecule has 0 spiro atoms. The number of rotatable bonds is 2. The Morgan fingerprint density at radius 2 is 2.18 bits per heavy atom. The summed E-state index contributed by atoms with van der Waals surface area (Å²) in [7, 11) is 0. The van der Waals surface area contributed by atoms with Crippen LogP contribution < -0.4 is 5.32 Å². The number of aromatic nitrogens is 1. The summed E-state index contributed by atoms with van der Waals surface area (Å²) in [5.74, 6) is 0.0119. The highest BCUT2D eigenvalue weighted by atomic mass is 16.3. The van der Waals surface area contributed by atoms with Crippen molar-refractivity contribution in [2.75, 3.05) is 11.9 Å². The molecular weight excluding hydrogens is 144 g/mol. The van der Waals surface area contributed by atoms with Crippen molar-refractivity contribution < 1.29 is 10.2 Å². The first kappa shape index (κ1) is 7.65. The first-order valence-electron chi connectivity index (χ1n) is 3.37. The molecule has 60 valence electrons. The Hall–Kier alpha value is -1.45. The first-order valence-corrected chi connectivity index (χ1v) is 3.37. The first-order chi connectivity index (χ1) is 5.24. The van der Waals surface area contributed by atoms with Crippen molar-refractivity contribution >= 4 is 5.82 Å². The zero-order valence-corrected chi connectivity index (χ0v) is 6.20. The summed E-state index contributed by atoms with van der Waals surface area (Å²) in [4.78, 5) is 3.66. The molecule has 1 aromatic rings. The van der Waals surface area contributed by atoms with Crippen LogP contribution in [0.2, 0.25) is 0 Å². The van der Waals surface area contributed by atoms with Gasteiger partial charge in [0.15, 0.2) is 5.75 Å². The third kappa shape index (κ3) is 1.73. The molecule has 0 atom stereocenters. The molecule has 0 saturated heterocycles. The van der Waals surface area contributed by atoms with Gasteiger partial charge in [-0.25, -0.2) is 0 Å². The van der Waals surface area contributed by atoms with Crippen LogP contribution >= 0.6 is 0 Å². The van der Waals surface area contributed by atoms with Gasteiger partial charge in [-0.1, -0.05) is 0 Å². The summed E-state index contributed by atoms with van der Waals surface area (Å²) in [6.45, 7) is 2.66. The van der Waals surface area contributed by atoms with Crippen molar-refractivity contribution in [3.05, 3.63) is 12.1 Å². The molecule has 0 amide bonds. The number of nitrogens with zero attached hydrogens (tertiary/aromatic N) is 1. The Bertz CT molecular complexity index is 250. The van der Waals surface area contributed by atoms with E-state index in [1.807, 2.05) is 6.92 Å². The lowest BCUT2D eigenvalue weighted by Crippen LogP contribution is -1.98. The lowest BCUT2D eigenvalue weighted by Gasteiger charge is -2.02. The predicted octanol–water partition coefficient (Wildman–Crippen LogP) is 0.925. The van der Waals surface area contributed by atoms with Crippen molar-refractivity contribution in [3.63, 3.8) is 0 Å². The van der Waals surface area contributed by atoms with Gasteiger partial charge in [0.05, 0.1) is 0 Å². The van der Waals surface area contributed by atoms with Crippen molar-refractivity contribution in [1.29, 1.82) is 0 Å². The Morgan fingerprint density at radius 1 is 1.45 bits per heavy atom. The van der Waals surface area contributed by atoms with E-state index in [2.05, 4.69) is 10.3 Å². The van der Waals surface area contributed by atoms with E-state index in [9.17, 15) is 0 Å². The third-order valence-electron chi connectivity index (χ3n) is 1.21. The van der Waals surface area contributed by atoms with E-state index in [4.69, 9.17) is 10.2 Å². The van der Waals surface area contributed by atoms with E-state index in [0.717, 1.165) is 6.54 Å². The maximum atomic E-state index is 8.93. The van der Waals surface area contributed by atoms with E-state index < -0.39 is 0 Å². The molecule has 0 fully saturated rings. The van der Waals surface area contributed by atoms with Gasteiger partial charge in [0.2, 0.25) is 0 Å². The Kier molecular flexibility index (Phi) is 2.15. The molecule has 0 radical (unpaired) electrons. The highest BCUT2D eigenvalue weighted by Gasteiger charge is 1.99. The average molecular weight is 154 g/mol. The van der Waals surface area contributed by atoms with Crippen molar-refractivity contribution in [2.45, 2.75) is 6.92 Å². The summed E-state index contributed by atoms with van der Waals surface area (Å²) in [5.41, 5.74) is 0. The molecule has 1 heterocycles. The number of hydrogen-bond donors (Lipinski definition) is 3. The quantitative estimate of drug-likeness (QED) is 0.592. The Balaban J connectivity index is 2.86. The minimum atomic E-state index is -0.344. The Morgan fingerprint density at radius 3 is 2.73 bits per heavy atom. The van der Waals surface area contributed by atoms with Gasteiger partial charge in [-0.3, -0.25) is 0 Å². The van der Waals surface area contributed by atoms with Crippen LogP contribution in [0, 0.1) is 0 Å². The van der Waals surface area contributed by atoms with Gasteiger partial charge in [0.1, 0.15) is 5.82 Å². The van der Waals surface area contributed by atoms with Gasteiger partial charge in [-0.2, -0.15) is 4.98 Å². The molecule has 11 heavy (non-hydrogen) atoms. The molecule has 4 heteroatoms. The molecule has 1 rings (SSSR count). The largest absolute Gasteiger partial charge is 0.503 e. The molecule has 0 aliphatic heterocycles. The molecule has 0 aromatic carbocycles. The van der Waals surface area contributed by atoms with Crippen LogP contribution in [-0.4, -0.2) is 21.7 Å². The fourth-order valence-corrected chi connectivity index (χ4v) is 0.721. The molecule has 0 bridgehead atoms.